The average molecular weight is 387 g/mol. The van der Waals surface area contributed by atoms with E-state index in [0.29, 0.717) is 11.3 Å². The molecule has 152 valence electrons. The molecule has 1 aliphatic rings. The second-order valence-electron chi connectivity index (χ2n) is 7.54. The number of carbonyl (C=O) groups excluding carboxylic acids is 1. The number of hydrogen-bond donors (Lipinski definition) is 0. The number of fused-ring (bicyclic) bond motifs is 1. The summed E-state index contributed by atoms with van der Waals surface area (Å²) in [5.41, 5.74) is 0.0493. The molecule has 1 fully saturated rings. The topological polar surface area (TPSA) is 66.2 Å². The number of benzene rings is 1. The summed E-state index contributed by atoms with van der Waals surface area (Å²) in [5, 5.41) is 0.816. The lowest BCUT2D eigenvalue weighted by molar-refractivity contribution is -0.139. The molecule has 2 heterocycles. The standard InChI is InChI=1S/C21H29N3O4/c1-16(27-18-7-5-17-6-8-20(25)28-19(17)15-18)21(26)24-13-11-23(12-14-24)10-4-9-22(2)3/h5-8,15-16H,4,9-14H2,1-3H3. The van der Waals surface area contributed by atoms with Gasteiger partial charge in [-0.05, 0) is 58.7 Å². The maximum absolute atomic E-state index is 12.7. The van der Waals surface area contributed by atoms with Crippen molar-refractivity contribution in [3.8, 4) is 5.75 Å². The molecule has 1 amide bonds. The molecular formula is C21H29N3O4. The number of carbonyl (C=O) groups is 1. The zero-order chi connectivity index (χ0) is 20.1. The van der Waals surface area contributed by atoms with E-state index < -0.39 is 11.7 Å². The van der Waals surface area contributed by atoms with Crippen molar-refractivity contribution < 1.29 is 13.9 Å². The van der Waals surface area contributed by atoms with Gasteiger partial charge < -0.3 is 19.0 Å². The van der Waals surface area contributed by atoms with Gasteiger partial charge in [0.05, 0.1) is 0 Å². The first kappa shape index (κ1) is 20.4. The Morgan fingerprint density at radius 3 is 2.61 bits per heavy atom. The zero-order valence-electron chi connectivity index (χ0n) is 16.9. The van der Waals surface area contributed by atoms with Crippen LogP contribution in [0.1, 0.15) is 13.3 Å². The molecule has 0 spiro atoms. The maximum Gasteiger partial charge on any atom is 0.336 e. The molecule has 2 aromatic rings. The predicted molar refractivity (Wildman–Crippen MR) is 109 cm³/mol. The van der Waals surface area contributed by atoms with E-state index in [9.17, 15) is 9.59 Å². The molecule has 0 aliphatic carbocycles. The van der Waals surface area contributed by atoms with Gasteiger partial charge in [-0.1, -0.05) is 0 Å². The smallest absolute Gasteiger partial charge is 0.336 e. The molecule has 0 radical (unpaired) electrons. The van der Waals surface area contributed by atoms with Crippen molar-refractivity contribution >= 4 is 16.9 Å². The Balaban J connectivity index is 1.52. The molecule has 1 unspecified atom stereocenters. The van der Waals surface area contributed by atoms with Crippen molar-refractivity contribution in [2.24, 2.45) is 0 Å². The van der Waals surface area contributed by atoms with Gasteiger partial charge in [0.15, 0.2) is 6.10 Å². The highest BCUT2D eigenvalue weighted by molar-refractivity contribution is 5.81. The van der Waals surface area contributed by atoms with E-state index >= 15 is 0 Å². The van der Waals surface area contributed by atoms with Crippen LogP contribution in [0, 0.1) is 0 Å². The lowest BCUT2D eigenvalue weighted by Gasteiger charge is -2.36. The second-order valence-corrected chi connectivity index (χ2v) is 7.54. The minimum Gasteiger partial charge on any atom is -0.481 e. The Hall–Kier alpha value is -2.38. The number of hydrogen-bond acceptors (Lipinski definition) is 6. The van der Waals surface area contributed by atoms with E-state index in [4.69, 9.17) is 9.15 Å². The van der Waals surface area contributed by atoms with Crippen LogP contribution in [0.25, 0.3) is 11.0 Å². The van der Waals surface area contributed by atoms with Gasteiger partial charge in [0.2, 0.25) is 0 Å². The molecule has 3 rings (SSSR count). The SMILES string of the molecule is CC(Oc1ccc2ccc(=O)oc2c1)C(=O)N1CCN(CCCN(C)C)CC1. The van der Waals surface area contributed by atoms with Crippen molar-refractivity contribution in [3.05, 3.63) is 40.8 Å². The number of piperazine rings is 1. The normalized spacial score (nSPS) is 16.5. The Kier molecular flexibility index (Phi) is 6.70. The Bertz CT molecular complexity index is 856. The maximum atomic E-state index is 12.7. The lowest BCUT2D eigenvalue weighted by atomic mass is 10.2. The molecule has 1 atom stereocenters. The monoisotopic (exact) mass is 387 g/mol. The minimum atomic E-state index is -0.590. The number of nitrogens with zero attached hydrogens (tertiary/aromatic N) is 3. The Morgan fingerprint density at radius 1 is 1.18 bits per heavy atom. The highest BCUT2D eigenvalue weighted by Crippen LogP contribution is 2.21. The molecule has 1 aliphatic heterocycles. The zero-order valence-corrected chi connectivity index (χ0v) is 16.9. The fourth-order valence-electron chi connectivity index (χ4n) is 3.43. The number of rotatable bonds is 7. The average Bonchev–Trinajstić information content (AvgIpc) is 2.67. The van der Waals surface area contributed by atoms with Crippen LogP contribution < -0.4 is 10.4 Å². The quantitative estimate of drug-likeness (QED) is 0.673. The van der Waals surface area contributed by atoms with Crippen molar-refractivity contribution in [2.75, 3.05) is 53.4 Å². The summed E-state index contributed by atoms with van der Waals surface area (Å²) < 4.78 is 11.0. The number of amides is 1. The molecular weight excluding hydrogens is 358 g/mol. The van der Waals surface area contributed by atoms with Crippen LogP contribution in [0.5, 0.6) is 5.75 Å². The summed E-state index contributed by atoms with van der Waals surface area (Å²) in [6.07, 6.45) is 0.548. The van der Waals surface area contributed by atoms with E-state index in [0.717, 1.165) is 51.1 Å². The van der Waals surface area contributed by atoms with Gasteiger partial charge in [0.1, 0.15) is 11.3 Å². The molecule has 0 saturated carbocycles. The van der Waals surface area contributed by atoms with Gasteiger partial charge in [-0.15, -0.1) is 0 Å². The van der Waals surface area contributed by atoms with E-state index in [2.05, 4.69) is 23.9 Å². The molecule has 7 heteroatoms. The van der Waals surface area contributed by atoms with Gasteiger partial charge in [0, 0.05) is 43.7 Å². The third-order valence-corrected chi connectivity index (χ3v) is 5.02. The van der Waals surface area contributed by atoms with Gasteiger partial charge in [-0.2, -0.15) is 0 Å². The summed E-state index contributed by atoms with van der Waals surface area (Å²) in [6.45, 7) is 7.14. The van der Waals surface area contributed by atoms with Crippen LogP contribution in [0.3, 0.4) is 0 Å². The minimum absolute atomic E-state index is 0.0115. The van der Waals surface area contributed by atoms with Crippen LogP contribution >= 0.6 is 0 Å². The third kappa shape index (κ3) is 5.33. The fourth-order valence-corrected chi connectivity index (χ4v) is 3.43. The largest absolute Gasteiger partial charge is 0.481 e. The summed E-state index contributed by atoms with van der Waals surface area (Å²) >= 11 is 0. The van der Waals surface area contributed by atoms with E-state index in [-0.39, 0.29) is 5.91 Å². The lowest BCUT2D eigenvalue weighted by Crippen LogP contribution is -2.52. The number of ether oxygens (including phenoxy) is 1. The third-order valence-electron chi connectivity index (χ3n) is 5.02. The predicted octanol–water partition coefficient (Wildman–Crippen LogP) is 1.66. The van der Waals surface area contributed by atoms with Crippen LogP contribution in [-0.2, 0) is 4.79 Å². The summed E-state index contributed by atoms with van der Waals surface area (Å²) in [5.74, 6) is 0.507. The second kappa shape index (κ2) is 9.21. The highest BCUT2D eigenvalue weighted by Gasteiger charge is 2.26. The van der Waals surface area contributed by atoms with E-state index in [1.165, 1.54) is 6.07 Å². The first-order valence-corrected chi connectivity index (χ1v) is 9.79. The van der Waals surface area contributed by atoms with E-state index in [1.54, 1.807) is 25.1 Å². The first-order valence-electron chi connectivity index (χ1n) is 9.79. The molecule has 0 bridgehead atoms. The van der Waals surface area contributed by atoms with Crippen molar-refractivity contribution in [1.82, 2.24) is 14.7 Å². The summed E-state index contributed by atoms with van der Waals surface area (Å²) in [7, 11) is 4.17. The van der Waals surface area contributed by atoms with Gasteiger partial charge in [-0.25, -0.2) is 4.79 Å². The van der Waals surface area contributed by atoms with Crippen LogP contribution in [0.15, 0.2) is 39.5 Å². The Labute approximate surface area is 165 Å². The molecule has 1 aromatic heterocycles. The molecule has 7 nitrogen and oxygen atoms in total. The van der Waals surface area contributed by atoms with Crippen molar-refractivity contribution in [2.45, 2.75) is 19.4 Å². The first-order chi connectivity index (χ1) is 13.4. The van der Waals surface area contributed by atoms with Gasteiger partial charge in [-0.3, -0.25) is 9.69 Å². The van der Waals surface area contributed by atoms with Gasteiger partial charge >= 0.3 is 5.63 Å². The van der Waals surface area contributed by atoms with E-state index in [1.807, 2.05) is 11.0 Å². The van der Waals surface area contributed by atoms with Crippen molar-refractivity contribution in [3.63, 3.8) is 0 Å². The fraction of sp³-hybridized carbons (Fsp3) is 0.524. The van der Waals surface area contributed by atoms with Gasteiger partial charge in [0.25, 0.3) is 5.91 Å². The molecule has 1 saturated heterocycles. The molecule has 28 heavy (non-hydrogen) atoms. The highest BCUT2D eigenvalue weighted by atomic mass is 16.5. The van der Waals surface area contributed by atoms with Crippen LogP contribution in [-0.4, -0.2) is 80.1 Å². The van der Waals surface area contributed by atoms with Crippen LogP contribution in [0.4, 0.5) is 0 Å². The molecule has 1 aromatic carbocycles. The Morgan fingerprint density at radius 2 is 1.89 bits per heavy atom. The summed E-state index contributed by atoms with van der Waals surface area (Å²) in [4.78, 5) is 30.6. The summed E-state index contributed by atoms with van der Waals surface area (Å²) in [6, 6.07) is 8.35. The van der Waals surface area contributed by atoms with Crippen molar-refractivity contribution in [1.29, 1.82) is 0 Å². The molecule has 0 N–H and O–H groups in total. The van der Waals surface area contributed by atoms with Crippen LogP contribution in [0.2, 0.25) is 0 Å².